The predicted molar refractivity (Wildman–Crippen MR) is 130 cm³/mol. The highest BCUT2D eigenvalue weighted by Gasteiger charge is 2.43. The van der Waals surface area contributed by atoms with Gasteiger partial charge in [0, 0.05) is 39.7 Å². The number of nitrogens with zero attached hydrogens (tertiary/aromatic N) is 1. The zero-order valence-electron chi connectivity index (χ0n) is 17.7. The Hall–Kier alpha value is -3.38. The fourth-order valence-corrected chi connectivity index (χ4v) is 5.21. The molecule has 0 fully saturated rings. The highest BCUT2D eigenvalue weighted by atomic mass is 79.9. The Morgan fingerprint density at radius 1 is 1.03 bits per heavy atom. The molecule has 160 valence electrons. The highest BCUT2D eigenvalue weighted by Crippen LogP contribution is 2.44. The van der Waals surface area contributed by atoms with Crippen LogP contribution in [0.5, 0.6) is 0 Å². The minimum atomic E-state index is -0.568. The van der Waals surface area contributed by atoms with Crippen LogP contribution in [0.1, 0.15) is 39.0 Å². The van der Waals surface area contributed by atoms with E-state index < -0.39 is 12.0 Å². The molecule has 2 atom stereocenters. The van der Waals surface area contributed by atoms with Crippen LogP contribution in [0, 0.1) is 6.92 Å². The summed E-state index contributed by atoms with van der Waals surface area (Å²) in [7, 11) is 1.77. The van der Waals surface area contributed by atoms with Crippen LogP contribution in [-0.4, -0.2) is 28.7 Å². The molecule has 1 aromatic heterocycles. The Bertz CT molecular complexity index is 1360. The number of likely N-dealkylation sites (N-methyl/N-ethyl adjacent to an activating group) is 1. The van der Waals surface area contributed by atoms with Crippen LogP contribution in [0.2, 0.25) is 0 Å². The van der Waals surface area contributed by atoms with E-state index in [0.717, 1.165) is 32.1 Å². The summed E-state index contributed by atoms with van der Waals surface area (Å²) in [5, 5.41) is 4.09. The lowest BCUT2D eigenvalue weighted by Gasteiger charge is -2.39. The summed E-state index contributed by atoms with van der Waals surface area (Å²) in [5.74, 6) is -0.811. The zero-order chi connectivity index (χ0) is 22.4. The Kier molecular flexibility index (Phi) is 5.10. The van der Waals surface area contributed by atoms with Crippen LogP contribution in [0.4, 0.5) is 5.69 Å². The molecule has 5 nitrogen and oxygen atoms in total. The number of anilines is 1. The number of rotatable bonds is 3. The number of carbonyl (C=O) groups is 2. The van der Waals surface area contributed by atoms with Crippen molar-refractivity contribution in [1.29, 1.82) is 0 Å². The molecular formula is C26H22BrN3O2. The number of carbonyl (C=O) groups excluding carboxylic acids is 2. The van der Waals surface area contributed by atoms with Crippen molar-refractivity contribution in [2.45, 2.75) is 18.9 Å². The van der Waals surface area contributed by atoms with Gasteiger partial charge < -0.3 is 15.2 Å². The molecule has 2 unspecified atom stereocenters. The lowest BCUT2D eigenvalue weighted by molar-refractivity contribution is -0.119. The summed E-state index contributed by atoms with van der Waals surface area (Å²) in [6.45, 7) is 2.00. The summed E-state index contributed by atoms with van der Waals surface area (Å²) in [5.41, 5.74) is 5.01. The monoisotopic (exact) mass is 487 g/mol. The van der Waals surface area contributed by atoms with E-state index in [9.17, 15) is 9.59 Å². The van der Waals surface area contributed by atoms with E-state index in [1.54, 1.807) is 18.0 Å². The smallest absolute Gasteiger partial charge is 0.254 e. The molecule has 0 spiro atoms. The van der Waals surface area contributed by atoms with E-state index >= 15 is 0 Å². The van der Waals surface area contributed by atoms with Crippen LogP contribution in [0.25, 0.3) is 10.9 Å². The van der Waals surface area contributed by atoms with Crippen LogP contribution in [-0.2, 0) is 4.79 Å². The van der Waals surface area contributed by atoms with Crippen molar-refractivity contribution in [3.8, 4) is 0 Å². The summed E-state index contributed by atoms with van der Waals surface area (Å²) in [6, 6.07) is 20.7. The summed E-state index contributed by atoms with van der Waals surface area (Å²) >= 11 is 3.55. The Labute approximate surface area is 194 Å². The number of aryl methyl sites for hydroxylation is 1. The van der Waals surface area contributed by atoms with Gasteiger partial charge in [0.25, 0.3) is 5.91 Å². The molecule has 0 saturated heterocycles. The first-order chi connectivity index (χ1) is 15.5. The normalized spacial score (nSPS) is 18.0. The number of fused-ring (bicyclic) bond motifs is 2. The van der Waals surface area contributed by atoms with Gasteiger partial charge in [-0.3, -0.25) is 9.59 Å². The SMILES string of the molecule is Cc1ccc(NC(=O)C2c3ccccc3C(=O)N(C)C2c2c[nH]c3ccccc23)c(Br)c1. The summed E-state index contributed by atoms with van der Waals surface area (Å²) in [4.78, 5) is 32.0. The minimum absolute atomic E-state index is 0.0866. The number of hydrogen-bond acceptors (Lipinski definition) is 2. The van der Waals surface area contributed by atoms with Gasteiger partial charge in [-0.05, 0) is 58.2 Å². The van der Waals surface area contributed by atoms with Crippen molar-refractivity contribution in [3.63, 3.8) is 0 Å². The molecule has 2 heterocycles. The van der Waals surface area contributed by atoms with Gasteiger partial charge in [-0.15, -0.1) is 0 Å². The number of H-pyrrole nitrogens is 1. The van der Waals surface area contributed by atoms with Crippen LogP contribution < -0.4 is 5.32 Å². The number of para-hydroxylation sites is 1. The van der Waals surface area contributed by atoms with E-state index in [1.165, 1.54) is 0 Å². The van der Waals surface area contributed by atoms with Crippen molar-refractivity contribution in [1.82, 2.24) is 9.88 Å². The van der Waals surface area contributed by atoms with E-state index in [1.807, 2.05) is 73.8 Å². The fraction of sp³-hybridized carbons (Fsp3) is 0.154. The molecule has 0 aliphatic carbocycles. The van der Waals surface area contributed by atoms with Crippen LogP contribution >= 0.6 is 15.9 Å². The van der Waals surface area contributed by atoms with E-state index in [2.05, 4.69) is 26.2 Å². The fourth-order valence-electron chi connectivity index (χ4n) is 4.62. The minimum Gasteiger partial charge on any atom is -0.361 e. The van der Waals surface area contributed by atoms with Gasteiger partial charge in [-0.1, -0.05) is 42.5 Å². The largest absolute Gasteiger partial charge is 0.361 e. The second-order valence-electron chi connectivity index (χ2n) is 8.19. The van der Waals surface area contributed by atoms with Crippen molar-refractivity contribution in [2.75, 3.05) is 12.4 Å². The van der Waals surface area contributed by atoms with Gasteiger partial charge in [0.05, 0.1) is 17.6 Å². The average molecular weight is 488 g/mol. The van der Waals surface area contributed by atoms with E-state index in [4.69, 9.17) is 0 Å². The van der Waals surface area contributed by atoms with Gasteiger partial charge in [-0.2, -0.15) is 0 Å². The molecule has 0 bridgehead atoms. The number of nitrogens with one attached hydrogen (secondary N) is 2. The lowest BCUT2D eigenvalue weighted by Crippen LogP contribution is -2.44. The number of aromatic amines is 1. The predicted octanol–water partition coefficient (Wildman–Crippen LogP) is 5.79. The number of hydrogen-bond donors (Lipinski definition) is 2. The number of aromatic nitrogens is 1. The van der Waals surface area contributed by atoms with Crippen molar-refractivity contribution >= 4 is 44.3 Å². The molecule has 4 aromatic rings. The maximum Gasteiger partial charge on any atom is 0.254 e. The van der Waals surface area contributed by atoms with Gasteiger partial charge >= 0.3 is 0 Å². The first-order valence-corrected chi connectivity index (χ1v) is 11.2. The first kappa shape index (κ1) is 20.5. The molecule has 0 saturated carbocycles. The van der Waals surface area contributed by atoms with E-state index in [0.29, 0.717) is 11.3 Å². The number of benzene rings is 3. The number of halogens is 1. The van der Waals surface area contributed by atoms with E-state index in [-0.39, 0.29) is 11.8 Å². The Morgan fingerprint density at radius 2 is 1.78 bits per heavy atom. The molecule has 5 rings (SSSR count). The molecule has 2 N–H and O–H groups in total. The molecule has 1 aliphatic rings. The van der Waals surface area contributed by atoms with Gasteiger partial charge in [0.2, 0.25) is 5.91 Å². The second kappa shape index (κ2) is 7.95. The molecule has 32 heavy (non-hydrogen) atoms. The Balaban J connectivity index is 1.65. The highest BCUT2D eigenvalue weighted by molar-refractivity contribution is 9.10. The van der Waals surface area contributed by atoms with Gasteiger partial charge in [0.15, 0.2) is 0 Å². The molecule has 3 aromatic carbocycles. The first-order valence-electron chi connectivity index (χ1n) is 10.4. The van der Waals surface area contributed by atoms with Crippen LogP contribution in [0.3, 0.4) is 0 Å². The van der Waals surface area contributed by atoms with Crippen molar-refractivity contribution in [3.05, 3.63) is 99.7 Å². The maximum atomic E-state index is 13.8. The summed E-state index contributed by atoms with van der Waals surface area (Å²) < 4.78 is 0.822. The number of amides is 2. The second-order valence-corrected chi connectivity index (χ2v) is 9.04. The van der Waals surface area contributed by atoms with Gasteiger partial charge in [0.1, 0.15) is 0 Å². The molecular weight excluding hydrogens is 466 g/mol. The topological polar surface area (TPSA) is 65.2 Å². The average Bonchev–Trinajstić information content (AvgIpc) is 3.21. The third kappa shape index (κ3) is 3.31. The zero-order valence-corrected chi connectivity index (χ0v) is 19.3. The molecule has 6 heteroatoms. The van der Waals surface area contributed by atoms with Gasteiger partial charge in [-0.25, -0.2) is 0 Å². The molecule has 0 radical (unpaired) electrons. The van der Waals surface area contributed by atoms with Crippen molar-refractivity contribution in [2.24, 2.45) is 0 Å². The Morgan fingerprint density at radius 3 is 2.59 bits per heavy atom. The summed E-state index contributed by atoms with van der Waals surface area (Å²) in [6.07, 6.45) is 1.91. The third-order valence-corrected chi connectivity index (χ3v) is 6.84. The lowest BCUT2D eigenvalue weighted by atomic mass is 9.79. The third-order valence-electron chi connectivity index (χ3n) is 6.18. The quantitative estimate of drug-likeness (QED) is 0.384. The molecule has 2 amide bonds. The van der Waals surface area contributed by atoms with Crippen LogP contribution in [0.15, 0.2) is 77.4 Å². The molecule has 1 aliphatic heterocycles. The maximum absolute atomic E-state index is 13.8. The standard InChI is InChI=1S/C26H22BrN3O2/c1-15-11-12-22(20(27)13-15)29-25(31)23-17-8-3-4-9-18(17)26(32)30(2)24(23)19-14-28-21-10-6-5-7-16(19)21/h3-14,23-24,28H,1-2H3,(H,29,31). The van der Waals surface area contributed by atoms with Crippen molar-refractivity contribution < 1.29 is 9.59 Å².